The molecule has 174 valence electrons. The number of nitrogens with one attached hydrogen (secondary N) is 1. The molecule has 0 radical (unpaired) electrons. The lowest BCUT2D eigenvalue weighted by Gasteiger charge is -2.13. The molecule has 0 saturated carbocycles. The number of carbonyl (C=O) groups excluding carboxylic acids is 1. The van der Waals surface area contributed by atoms with E-state index in [-0.39, 0.29) is 26.9 Å². The minimum absolute atomic E-state index is 0.0786. The van der Waals surface area contributed by atoms with Crippen molar-refractivity contribution < 1.29 is 26.0 Å². The van der Waals surface area contributed by atoms with E-state index in [1.54, 1.807) is 24.3 Å². The second-order valence-corrected chi connectivity index (χ2v) is 10.8. The van der Waals surface area contributed by atoms with Gasteiger partial charge in [-0.1, -0.05) is 30.3 Å². The van der Waals surface area contributed by atoms with Gasteiger partial charge in [0.25, 0.3) is 5.91 Å². The largest absolute Gasteiger partial charge is 0.436 e. The number of para-hydroxylation sites is 3. The number of sulfonamides is 1. The van der Waals surface area contributed by atoms with E-state index in [0.717, 1.165) is 0 Å². The Morgan fingerprint density at radius 1 is 1.00 bits per heavy atom. The van der Waals surface area contributed by atoms with Crippen LogP contribution in [0.1, 0.15) is 10.4 Å². The topological polar surface area (TPSA) is 149 Å². The van der Waals surface area contributed by atoms with Gasteiger partial charge in [0.1, 0.15) is 10.4 Å². The fourth-order valence-corrected chi connectivity index (χ4v) is 5.33. The highest BCUT2D eigenvalue weighted by atomic mass is 32.2. The number of rotatable bonds is 7. The van der Waals surface area contributed by atoms with E-state index >= 15 is 0 Å². The maximum atomic E-state index is 13.1. The predicted octanol–water partition coefficient (Wildman–Crippen LogP) is 3.35. The van der Waals surface area contributed by atoms with E-state index in [1.807, 2.05) is 0 Å². The van der Waals surface area contributed by atoms with Gasteiger partial charge in [0.05, 0.1) is 21.9 Å². The van der Waals surface area contributed by atoms with Crippen molar-refractivity contribution in [3.63, 3.8) is 0 Å². The van der Waals surface area contributed by atoms with E-state index in [4.69, 9.17) is 9.56 Å². The van der Waals surface area contributed by atoms with Crippen LogP contribution in [0.15, 0.2) is 93.6 Å². The first-order valence-corrected chi connectivity index (χ1v) is 13.1. The monoisotopic (exact) mass is 497 g/mol. The SMILES string of the molecule is C=CCS(=O)(=O)c1cc(-c2nc3ccccc3o2)ccc1C(=O)Nc1ccccc1S(N)(=O)=O. The number of oxazole rings is 1. The van der Waals surface area contributed by atoms with Crippen LogP contribution in [0.2, 0.25) is 0 Å². The highest BCUT2D eigenvalue weighted by molar-refractivity contribution is 7.91. The van der Waals surface area contributed by atoms with Crippen LogP contribution in [0.5, 0.6) is 0 Å². The Morgan fingerprint density at radius 2 is 1.71 bits per heavy atom. The van der Waals surface area contributed by atoms with Crippen molar-refractivity contribution in [3.05, 3.63) is 84.9 Å². The predicted molar refractivity (Wildman–Crippen MR) is 127 cm³/mol. The molecule has 4 aromatic rings. The average molecular weight is 498 g/mol. The lowest BCUT2D eigenvalue weighted by atomic mass is 10.1. The van der Waals surface area contributed by atoms with Crippen LogP contribution < -0.4 is 10.5 Å². The second-order valence-electron chi connectivity index (χ2n) is 7.26. The van der Waals surface area contributed by atoms with Gasteiger partial charge >= 0.3 is 0 Å². The number of nitrogens with zero attached hydrogens (tertiary/aromatic N) is 1. The fraction of sp³-hybridized carbons (Fsp3) is 0.0435. The van der Waals surface area contributed by atoms with Crippen molar-refractivity contribution in [1.82, 2.24) is 4.98 Å². The number of amides is 1. The van der Waals surface area contributed by atoms with Gasteiger partial charge in [0, 0.05) is 5.56 Å². The molecule has 3 N–H and O–H groups in total. The first-order valence-electron chi connectivity index (χ1n) is 9.87. The number of primary sulfonamides is 1. The zero-order valence-corrected chi connectivity index (χ0v) is 19.3. The van der Waals surface area contributed by atoms with Crippen LogP contribution in [0.3, 0.4) is 0 Å². The molecule has 0 unspecified atom stereocenters. The van der Waals surface area contributed by atoms with Crippen molar-refractivity contribution in [2.24, 2.45) is 5.14 Å². The quantitative estimate of drug-likeness (QED) is 0.372. The number of hydrogen-bond donors (Lipinski definition) is 2. The third-order valence-electron chi connectivity index (χ3n) is 4.88. The average Bonchev–Trinajstić information content (AvgIpc) is 3.22. The Kier molecular flexibility index (Phi) is 6.09. The van der Waals surface area contributed by atoms with Gasteiger partial charge in [0.15, 0.2) is 15.4 Å². The number of anilines is 1. The van der Waals surface area contributed by atoms with Gasteiger partial charge in [-0.2, -0.15) is 0 Å². The maximum absolute atomic E-state index is 13.1. The van der Waals surface area contributed by atoms with Crippen LogP contribution in [0.4, 0.5) is 5.69 Å². The van der Waals surface area contributed by atoms with E-state index in [2.05, 4.69) is 16.9 Å². The number of nitrogens with two attached hydrogens (primary N) is 1. The first kappa shape index (κ1) is 23.4. The molecule has 1 heterocycles. The maximum Gasteiger partial charge on any atom is 0.257 e. The minimum Gasteiger partial charge on any atom is -0.436 e. The summed E-state index contributed by atoms with van der Waals surface area (Å²) in [4.78, 5) is 16.9. The summed E-state index contributed by atoms with van der Waals surface area (Å²) in [5, 5.41) is 7.66. The Labute approximate surface area is 195 Å². The molecule has 0 saturated heterocycles. The number of hydrogen-bond acceptors (Lipinski definition) is 7. The molecule has 1 aromatic heterocycles. The van der Waals surface area contributed by atoms with Crippen molar-refractivity contribution >= 4 is 42.6 Å². The molecule has 0 spiro atoms. The van der Waals surface area contributed by atoms with Crippen molar-refractivity contribution in [1.29, 1.82) is 0 Å². The highest BCUT2D eigenvalue weighted by Gasteiger charge is 2.25. The minimum atomic E-state index is -4.13. The Balaban J connectivity index is 1.81. The number of fused-ring (bicyclic) bond motifs is 1. The molecule has 11 heteroatoms. The summed E-state index contributed by atoms with van der Waals surface area (Å²) in [6, 6.07) is 16.7. The second kappa shape index (κ2) is 8.86. The third kappa shape index (κ3) is 4.62. The van der Waals surface area contributed by atoms with Crippen LogP contribution >= 0.6 is 0 Å². The third-order valence-corrected chi connectivity index (χ3v) is 7.53. The molecule has 34 heavy (non-hydrogen) atoms. The van der Waals surface area contributed by atoms with Gasteiger partial charge in [-0.3, -0.25) is 4.79 Å². The summed E-state index contributed by atoms with van der Waals surface area (Å²) in [7, 11) is -8.10. The first-order chi connectivity index (χ1) is 16.1. The highest BCUT2D eigenvalue weighted by Crippen LogP contribution is 2.29. The zero-order chi connectivity index (χ0) is 24.5. The van der Waals surface area contributed by atoms with Gasteiger partial charge in [-0.05, 0) is 42.5 Å². The molecule has 0 aliphatic rings. The molecule has 3 aromatic carbocycles. The van der Waals surface area contributed by atoms with Crippen LogP contribution in [-0.2, 0) is 19.9 Å². The molecule has 4 rings (SSSR count). The molecule has 1 amide bonds. The van der Waals surface area contributed by atoms with Crippen LogP contribution in [0, 0.1) is 0 Å². The molecular formula is C23H19N3O6S2. The molecule has 0 atom stereocenters. The summed E-state index contributed by atoms with van der Waals surface area (Å²) in [6.45, 7) is 3.47. The lowest BCUT2D eigenvalue weighted by molar-refractivity contribution is 0.102. The van der Waals surface area contributed by atoms with E-state index in [1.165, 1.54) is 48.5 Å². The van der Waals surface area contributed by atoms with E-state index in [0.29, 0.717) is 16.7 Å². The number of benzene rings is 3. The number of sulfone groups is 1. The summed E-state index contributed by atoms with van der Waals surface area (Å²) >= 11 is 0. The normalized spacial score (nSPS) is 11.9. The summed E-state index contributed by atoms with van der Waals surface area (Å²) < 4.78 is 55.4. The van der Waals surface area contributed by atoms with Gasteiger partial charge < -0.3 is 9.73 Å². The smallest absolute Gasteiger partial charge is 0.257 e. The van der Waals surface area contributed by atoms with E-state index < -0.39 is 31.5 Å². The Hall–Kier alpha value is -3.80. The molecule has 0 fully saturated rings. The standard InChI is InChI=1S/C23H19N3O6S2/c1-2-13-33(28,29)21-14-15(23-26-17-7-3-5-9-19(17)32-23)11-12-16(21)22(27)25-18-8-4-6-10-20(18)34(24,30)31/h2-12,14H,1,13H2,(H,25,27)(H2,24,30,31). The van der Waals surface area contributed by atoms with Crippen molar-refractivity contribution in [2.75, 3.05) is 11.1 Å². The number of carbonyl (C=O) groups is 1. The Morgan fingerprint density at radius 3 is 2.41 bits per heavy atom. The summed E-state index contributed by atoms with van der Waals surface area (Å²) in [5.41, 5.74) is 1.19. The van der Waals surface area contributed by atoms with Crippen molar-refractivity contribution in [2.45, 2.75) is 9.79 Å². The van der Waals surface area contributed by atoms with Gasteiger partial charge in [0.2, 0.25) is 15.9 Å². The Bertz CT molecular complexity index is 1610. The van der Waals surface area contributed by atoms with Crippen LogP contribution in [-0.4, -0.2) is 33.5 Å². The lowest BCUT2D eigenvalue weighted by Crippen LogP contribution is -2.20. The fourth-order valence-electron chi connectivity index (χ4n) is 3.35. The molecular weight excluding hydrogens is 478 g/mol. The zero-order valence-electron chi connectivity index (χ0n) is 17.6. The van der Waals surface area contributed by atoms with Gasteiger partial charge in [-0.15, -0.1) is 6.58 Å². The molecule has 0 aliphatic heterocycles. The summed E-state index contributed by atoms with van der Waals surface area (Å²) in [5.74, 6) is -1.07. The van der Waals surface area contributed by atoms with E-state index in [9.17, 15) is 21.6 Å². The molecule has 0 aliphatic carbocycles. The van der Waals surface area contributed by atoms with Crippen molar-refractivity contribution in [3.8, 4) is 11.5 Å². The number of aromatic nitrogens is 1. The molecule has 0 bridgehead atoms. The van der Waals surface area contributed by atoms with Gasteiger partial charge in [-0.25, -0.2) is 27.0 Å². The van der Waals surface area contributed by atoms with Crippen LogP contribution in [0.25, 0.3) is 22.6 Å². The molecule has 9 nitrogen and oxygen atoms in total. The summed E-state index contributed by atoms with van der Waals surface area (Å²) in [6.07, 6.45) is 1.21.